The van der Waals surface area contributed by atoms with E-state index in [1.54, 1.807) is 44.6 Å². The van der Waals surface area contributed by atoms with Crippen molar-refractivity contribution in [3.63, 3.8) is 0 Å². The molecule has 1 atom stereocenters. The minimum absolute atomic E-state index is 0.218. The second kappa shape index (κ2) is 6.38. The SMILES string of the molecule is COc1ccc(NC(=O)[C@@H]2Cc3cc(Cl)ccc3O2)cc1OC. The summed E-state index contributed by atoms with van der Waals surface area (Å²) in [6.45, 7) is 0. The molecular formula is C17H16ClNO4. The zero-order valence-corrected chi connectivity index (χ0v) is 13.5. The van der Waals surface area contributed by atoms with Gasteiger partial charge in [0.15, 0.2) is 17.6 Å². The first-order chi connectivity index (χ1) is 11.1. The Bertz CT molecular complexity index is 747. The lowest BCUT2D eigenvalue weighted by Crippen LogP contribution is -2.31. The topological polar surface area (TPSA) is 56.8 Å². The molecule has 0 spiro atoms. The largest absolute Gasteiger partial charge is 0.493 e. The highest BCUT2D eigenvalue weighted by Gasteiger charge is 2.29. The third kappa shape index (κ3) is 3.19. The van der Waals surface area contributed by atoms with Gasteiger partial charge in [-0.2, -0.15) is 0 Å². The van der Waals surface area contributed by atoms with Gasteiger partial charge in [-0.1, -0.05) is 11.6 Å². The third-order valence-electron chi connectivity index (χ3n) is 3.64. The van der Waals surface area contributed by atoms with E-state index in [2.05, 4.69) is 5.32 Å². The molecule has 0 saturated heterocycles. The van der Waals surface area contributed by atoms with Crippen LogP contribution < -0.4 is 19.5 Å². The molecule has 120 valence electrons. The number of methoxy groups -OCH3 is 2. The fourth-order valence-electron chi connectivity index (χ4n) is 2.50. The quantitative estimate of drug-likeness (QED) is 0.932. The molecular weight excluding hydrogens is 318 g/mol. The molecule has 0 radical (unpaired) electrons. The first-order valence-corrected chi connectivity index (χ1v) is 7.46. The number of nitrogens with one attached hydrogen (secondary N) is 1. The number of carbonyl (C=O) groups excluding carboxylic acids is 1. The monoisotopic (exact) mass is 333 g/mol. The minimum atomic E-state index is -0.573. The number of hydrogen-bond donors (Lipinski definition) is 1. The predicted octanol–water partition coefficient (Wildman–Crippen LogP) is 3.30. The maximum Gasteiger partial charge on any atom is 0.265 e. The van der Waals surface area contributed by atoms with Crippen molar-refractivity contribution in [1.29, 1.82) is 0 Å². The molecule has 0 aliphatic carbocycles. The van der Waals surface area contributed by atoms with Gasteiger partial charge in [-0.05, 0) is 35.9 Å². The Morgan fingerprint density at radius 2 is 1.96 bits per heavy atom. The fraction of sp³-hybridized carbons (Fsp3) is 0.235. The van der Waals surface area contributed by atoms with Crippen LogP contribution in [0.1, 0.15) is 5.56 Å². The number of carbonyl (C=O) groups is 1. The third-order valence-corrected chi connectivity index (χ3v) is 3.88. The number of rotatable bonds is 4. The van der Waals surface area contributed by atoms with E-state index in [4.69, 9.17) is 25.8 Å². The van der Waals surface area contributed by atoms with Crippen LogP contribution in [0.5, 0.6) is 17.2 Å². The maximum atomic E-state index is 12.4. The summed E-state index contributed by atoms with van der Waals surface area (Å²) in [5.74, 6) is 1.63. The van der Waals surface area contributed by atoms with Gasteiger partial charge in [0, 0.05) is 23.2 Å². The van der Waals surface area contributed by atoms with Gasteiger partial charge in [0.05, 0.1) is 14.2 Å². The van der Waals surface area contributed by atoms with Crippen LogP contribution in [0.4, 0.5) is 5.69 Å². The van der Waals surface area contributed by atoms with Crippen molar-refractivity contribution in [2.75, 3.05) is 19.5 Å². The minimum Gasteiger partial charge on any atom is -0.493 e. The summed E-state index contributed by atoms with van der Waals surface area (Å²) in [6, 6.07) is 10.5. The number of hydrogen-bond acceptors (Lipinski definition) is 4. The van der Waals surface area contributed by atoms with Crippen LogP contribution in [-0.2, 0) is 11.2 Å². The Labute approximate surface area is 139 Å². The molecule has 0 aromatic heterocycles. The summed E-state index contributed by atoms with van der Waals surface area (Å²) in [5.41, 5.74) is 1.55. The van der Waals surface area contributed by atoms with E-state index in [9.17, 15) is 4.79 Å². The predicted molar refractivity (Wildman–Crippen MR) is 87.7 cm³/mol. The number of fused-ring (bicyclic) bond motifs is 1. The van der Waals surface area contributed by atoms with Gasteiger partial charge in [0.25, 0.3) is 5.91 Å². The number of amides is 1. The lowest BCUT2D eigenvalue weighted by atomic mass is 10.1. The molecule has 5 nitrogen and oxygen atoms in total. The maximum absolute atomic E-state index is 12.4. The molecule has 23 heavy (non-hydrogen) atoms. The summed E-state index contributed by atoms with van der Waals surface area (Å²) >= 11 is 5.96. The summed E-state index contributed by atoms with van der Waals surface area (Å²) < 4.78 is 16.1. The second-order valence-corrected chi connectivity index (χ2v) is 5.56. The van der Waals surface area contributed by atoms with Gasteiger partial charge < -0.3 is 19.5 Å². The van der Waals surface area contributed by atoms with Crippen LogP contribution in [0.25, 0.3) is 0 Å². The van der Waals surface area contributed by atoms with Gasteiger partial charge in [-0.3, -0.25) is 4.79 Å². The van der Waals surface area contributed by atoms with E-state index in [-0.39, 0.29) is 5.91 Å². The fourth-order valence-corrected chi connectivity index (χ4v) is 2.69. The molecule has 1 aliphatic rings. The normalized spacial score (nSPS) is 15.5. The zero-order valence-electron chi connectivity index (χ0n) is 12.8. The molecule has 0 fully saturated rings. The van der Waals surface area contributed by atoms with Gasteiger partial charge >= 0.3 is 0 Å². The van der Waals surface area contributed by atoms with Crippen LogP contribution in [0.2, 0.25) is 5.02 Å². The van der Waals surface area contributed by atoms with Crippen LogP contribution in [0.3, 0.4) is 0 Å². The van der Waals surface area contributed by atoms with Crippen molar-refractivity contribution in [3.05, 3.63) is 47.0 Å². The number of ether oxygens (including phenoxy) is 3. The molecule has 0 bridgehead atoms. The number of benzene rings is 2. The molecule has 2 aromatic carbocycles. The van der Waals surface area contributed by atoms with E-state index in [0.29, 0.717) is 34.4 Å². The molecule has 6 heteroatoms. The highest BCUT2D eigenvalue weighted by molar-refractivity contribution is 6.30. The molecule has 0 unspecified atom stereocenters. The standard InChI is InChI=1S/C17H16ClNO4/c1-21-14-6-4-12(9-15(14)22-2)19-17(20)16-8-10-7-11(18)3-5-13(10)23-16/h3-7,9,16H,8H2,1-2H3,(H,19,20)/t16-/m0/s1. The first kappa shape index (κ1) is 15.5. The second-order valence-electron chi connectivity index (χ2n) is 5.12. The van der Waals surface area contributed by atoms with E-state index < -0.39 is 6.10 Å². The molecule has 1 amide bonds. The highest BCUT2D eigenvalue weighted by atomic mass is 35.5. The average Bonchev–Trinajstić information content (AvgIpc) is 2.97. The number of anilines is 1. The lowest BCUT2D eigenvalue weighted by Gasteiger charge is -2.13. The van der Waals surface area contributed by atoms with Crippen molar-refractivity contribution in [1.82, 2.24) is 0 Å². The lowest BCUT2D eigenvalue weighted by molar-refractivity contribution is -0.122. The Morgan fingerprint density at radius 1 is 1.17 bits per heavy atom. The first-order valence-electron chi connectivity index (χ1n) is 7.08. The van der Waals surface area contributed by atoms with Crippen LogP contribution >= 0.6 is 11.6 Å². The summed E-state index contributed by atoms with van der Waals surface area (Å²) in [4.78, 5) is 12.4. The Morgan fingerprint density at radius 3 is 2.70 bits per heavy atom. The van der Waals surface area contributed by atoms with Crippen LogP contribution in [-0.4, -0.2) is 26.2 Å². The number of halogens is 1. The van der Waals surface area contributed by atoms with Crippen molar-refractivity contribution < 1.29 is 19.0 Å². The van der Waals surface area contributed by atoms with E-state index in [1.807, 2.05) is 6.07 Å². The smallest absolute Gasteiger partial charge is 0.265 e. The van der Waals surface area contributed by atoms with Crippen molar-refractivity contribution >= 4 is 23.2 Å². The van der Waals surface area contributed by atoms with Crippen molar-refractivity contribution in [2.24, 2.45) is 0 Å². The van der Waals surface area contributed by atoms with Crippen LogP contribution in [0, 0.1) is 0 Å². The molecule has 3 rings (SSSR count). The van der Waals surface area contributed by atoms with Gasteiger partial charge in [0.1, 0.15) is 5.75 Å². The Kier molecular flexibility index (Phi) is 4.30. The Hall–Kier alpha value is -2.40. The van der Waals surface area contributed by atoms with Crippen molar-refractivity contribution in [2.45, 2.75) is 12.5 Å². The van der Waals surface area contributed by atoms with E-state index in [0.717, 1.165) is 5.56 Å². The van der Waals surface area contributed by atoms with Crippen molar-refractivity contribution in [3.8, 4) is 17.2 Å². The summed E-state index contributed by atoms with van der Waals surface area (Å²) in [6.07, 6.45) is -0.0776. The summed E-state index contributed by atoms with van der Waals surface area (Å²) in [5, 5.41) is 3.46. The van der Waals surface area contributed by atoms with Crippen LogP contribution in [0.15, 0.2) is 36.4 Å². The van der Waals surface area contributed by atoms with Gasteiger partial charge in [0.2, 0.25) is 0 Å². The van der Waals surface area contributed by atoms with E-state index in [1.165, 1.54) is 0 Å². The molecule has 1 heterocycles. The summed E-state index contributed by atoms with van der Waals surface area (Å²) in [7, 11) is 3.11. The van der Waals surface area contributed by atoms with Gasteiger partial charge in [-0.25, -0.2) is 0 Å². The highest BCUT2D eigenvalue weighted by Crippen LogP contribution is 2.33. The van der Waals surface area contributed by atoms with Gasteiger partial charge in [-0.15, -0.1) is 0 Å². The average molecular weight is 334 g/mol. The molecule has 2 aromatic rings. The zero-order chi connectivity index (χ0) is 16.4. The molecule has 0 saturated carbocycles. The molecule has 1 aliphatic heterocycles. The van der Waals surface area contributed by atoms with E-state index >= 15 is 0 Å². The molecule has 1 N–H and O–H groups in total. The Balaban J connectivity index is 1.71.